The molecule has 2 N–H and O–H groups in total. The molecule has 100 valence electrons. The molecule has 2 amide bonds. The summed E-state index contributed by atoms with van der Waals surface area (Å²) in [4.78, 5) is 11.5. The lowest BCUT2D eigenvalue weighted by atomic mass is 10.1. The van der Waals surface area contributed by atoms with E-state index in [4.69, 9.17) is 4.74 Å². The van der Waals surface area contributed by atoms with Crippen LogP contribution in [0.1, 0.15) is 32.7 Å². The summed E-state index contributed by atoms with van der Waals surface area (Å²) in [5.41, 5.74) is 0.722. The second-order valence-corrected chi connectivity index (χ2v) is 4.81. The van der Waals surface area contributed by atoms with Crippen LogP contribution in [-0.2, 0) is 4.74 Å². The van der Waals surface area contributed by atoms with Crippen molar-refractivity contribution in [3.8, 4) is 0 Å². The van der Waals surface area contributed by atoms with Crippen LogP contribution >= 0.6 is 0 Å². The van der Waals surface area contributed by atoms with E-state index in [2.05, 4.69) is 15.7 Å². The number of nitrogens with zero attached hydrogens (tertiary/aromatic N) is 2. The van der Waals surface area contributed by atoms with E-state index >= 15 is 0 Å². The van der Waals surface area contributed by atoms with Crippen molar-refractivity contribution in [1.29, 1.82) is 0 Å². The Balaban J connectivity index is 1.91. The molecular weight excluding hydrogens is 232 g/mol. The number of carbonyl (C=O) groups excluding carboxylic acids is 1. The summed E-state index contributed by atoms with van der Waals surface area (Å²) in [6, 6.07) is 0.300. The molecule has 1 aromatic heterocycles. The van der Waals surface area contributed by atoms with Crippen LogP contribution in [0.3, 0.4) is 0 Å². The Kier molecular flexibility index (Phi) is 4.19. The first kappa shape index (κ1) is 12.9. The molecule has 18 heavy (non-hydrogen) atoms. The first-order valence-electron chi connectivity index (χ1n) is 6.34. The smallest absolute Gasteiger partial charge is 0.319 e. The van der Waals surface area contributed by atoms with Gasteiger partial charge in [-0.05, 0) is 26.7 Å². The van der Waals surface area contributed by atoms with Gasteiger partial charge in [0.25, 0.3) is 0 Å². The Morgan fingerprint density at radius 1 is 1.50 bits per heavy atom. The quantitative estimate of drug-likeness (QED) is 0.861. The Labute approximate surface area is 107 Å². The molecular formula is C12H20N4O2. The van der Waals surface area contributed by atoms with Crippen LogP contribution in [-0.4, -0.2) is 35.1 Å². The third-order valence-corrected chi connectivity index (χ3v) is 2.84. The maximum absolute atomic E-state index is 11.5. The number of amides is 2. The molecule has 0 unspecified atom stereocenters. The average Bonchev–Trinajstić information content (AvgIpc) is 2.77. The molecule has 6 nitrogen and oxygen atoms in total. The number of hydrogen-bond acceptors (Lipinski definition) is 3. The van der Waals surface area contributed by atoms with Crippen molar-refractivity contribution in [2.45, 2.75) is 38.8 Å². The SMILES string of the molecule is CC(C)NC(=O)Nc1cnn(C2CCOCC2)c1. The van der Waals surface area contributed by atoms with Gasteiger partial charge in [-0.1, -0.05) is 0 Å². The Bertz CT molecular complexity index is 397. The van der Waals surface area contributed by atoms with E-state index in [1.807, 2.05) is 24.7 Å². The zero-order valence-corrected chi connectivity index (χ0v) is 10.8. The molecule has 1 saturated heterocycles. The lowest BCUT2D eigenvalue weighted by molar-refractivity contribution is 0.0662. The molecule has 2 heterocycles. The van der Waals surface area contributed by atoms with Crippen molar-refractivity contribution in [2.75, 3.05) is 18.5 Å². The van der Waals surface area contributed by atoms with Gasteiger partial charge < -0.3 is 15.4 Å². The van der Waals surface area contributed by atoms with Crippen LogP contribution in [0.15, 0.2) is 12.4 Å². The van der Waals surface area contributed by atoms with Gasteiger partial charge in [-0.25, -0.2) is 4.79 Å². The maximum Gasteiger partial charge on any atom is 0.319 e. The standard InChI is InChI=1S/C12H20N4O2/c1-9(2)14-12(17)15-10-7-13-16(8-10)11-3-5-18-6-4-11/h7-9,11H,3-6H2,1-2H3,(H2,14,15,17). The number of aromatic nitrogens is 2. The zero-order valence-electron chi connectivity index (χ0n) is 10.8. The third kappa shape index (κ3) is 3.46. The van der Waals surface area contributed by atoms with Gasteiger partial charge in [0.15, 0.2) is 0 Å². The topological polar surface area (TPSA) is 68.2 Å². The summed E-state index contributed by atoms with van der Waals surface area (Å²) >= 11 is 0. The lowest BCUT2D eigenvalue weighted by Crippen LogP contribution is -2.34. The van der Waals surface area contributed by atoms with Crippen LogP contribution in [0.4, 0.5) is 10.5 Å². The fourth-order valence-corrected chi connectivity index (χ4v) is 1.98. The van der Waals surface area contributed by atoms with Crippen LogP contribution in [0.25, 0.3) is 0 Å². The van der Waals surface area contributed by atoms with Crippen molar-refractivity contribution in [1.82, 2.24) is 15.1 Å². The number of urea groups is 1. The van der Waals surface area contributed by atoms with E-state index in [1.54, 1.807) is 6.20 Å². The van der Waals surface area contributed by atoms with E-state index in [9.17, 15) is 4.79 Å². The second-order valence-electron chi connectivity index (χ2n) is 4.81. The average molecular weight is 252 g/mol. The molecule has 0 radical (unpaired) electrons. The van der Waals surface area contributed by atoms with E-state index in [0.29, 0.717) is 6.04 Å². The monoisotopic (exact) mass is 252 g/mol. The van der Waals surface area contributed by atoms with Crippen molar-refractivity contribution in [3.63, 3.8) is 0 Å². The number of anilines is 1. The molecule has 1 aliphatic rings. The van der Waals surface area contributed by atoms with Gasteiger partial charge in [0, 0.05) is 25.5 Å². The minimum Gasteiger partial charge on any atom is -0.381 e. The highest BCUT2D eigenvalue weighted by atomic mass is 16.5. The first-order valence-corrected chi connectivity index (χ1v) is 6.34. The second kappa shape index (κ2) is 5.86. The Morgan fingerprint density at radius 3 is 2.89 bits per heavy atom. The van der Waals surface area contributed by atoms with Crippen LogP contribution in [0, 0.1) is 0 Å². The molecule has 0 aromatic carbocycles. The highest BCUT2D eigenvalue weighted by Crippen LogP contribution is 2.21. The fraction of sp³-hybridized carbons (Fsp3) is 0.667. The van der Waals surface area contributed by atoms with Gasteiger partial charge in [-0.15, -0.1) is 0 Å². The van der Waals surface area contributed by atoms with Crippen molar-refractivity contribution in [3.05, 3.63) is 12.4 Å². The van der Waals surface area contributed by atoms with E-state index in [1.165, 1.54) is 0 Å². The van der Waals surface area contributed by atoms with Gasteiger partial charge in [0.2, 0.25) is 0 Å². The molecule has 0 spiro atoms. The summed E-state index contributed by atoms with van der Waals surface area (Å²) in [6.07, 6.45) is 5.49. The summed E-state index contributed by atoms with van der Waals surface area (Å²) in [5.74, 6) is 0. The highest BCUT2D eigenvalue weighted by Gasteiger charge is 2.16. The fourth-order valence-electron chi connectivity index (χ4n) is 1.98. The van der Waals surface area contributed by atoms with Gasteiger partial charge in [-0.3, -0.25) is 4.68 Å². The maximum atomic E-state index is 11.5. The number of carbonyl (C=O) groups is 1. The number of rotatable bonds is 3. The van der Waals surface area contributed by atoms with Crippen LogP contribution in [0.5, 0.6) is 0 Å². The molecule has 0 aliphatic carbocycles. The summed E-state index contributed by atoms with van der Waals surface area (Å²) in [5, 5.41) is 9.83. The summed E-state index contributed by atoms with van der Waals surface area (Å²) in [6.45, 7) is 5.40. The summed E-state index contributed by atoms with van der Waals surface area (Å²) < 4.78 is 7.23. The first-order chi connectivity index (χ1) is 8.65. The Morgan fingerprint density at radius 2 is 2.22 bits per heavy atom. The predicted molar refractivity (Wildman–Crippen MR) is 68.6 cm³/mol. The summed E-state index contributed by atoms with van der Waals surface area (Å²) in [7, 11) is 0. The lowest BCUT2D eigenvalue weighted by Gasteiger charge is -2.22. The number of ether oxygens (including phenoxy) is 1. The zero-order chi connectivity index (χ0) is 13.0. The van der Waals surface area contributed by atoms with E-state index < -0.39 is 0 Å². The third-order valence-electron chi connectivity index (χ3n) is 2.84. The largest absolute Gasteiger partial charge is 0.381 e. The van der Waals surface area contributed by atoms with E-state index in [0.717, 1.165) is 31.7 Å². The molecule has 0 atom stereocenters. The highest BCUT2D eigenvalue weighted by molar-refractivity contribution is 5.89. The van der Waals surface area contributed by atoms with Crippen LogP contribution < -0.4 is 10.6 Å². The van der Waals surface area contributed by atoms with Crippen LogP contribution in [0.2, 0.25) is 0 Å². The van der Waals surface area contributed by atoms with Crippen molar-refractivity contribution in [2.24, 2.45) is 0 Å². The van der Waals surface area contributed by atoms with Crippen molar-refractivity contribution >= 4 is 11.7 Å². The van der Waals surface area contributed by atoms with Gasteiger partial charge in [-0.2, -0.15) is 5.10 Å². The molecule has 2 rings (SSSR count). The van der Waals surface area contributed by atoms with Gasteiger partial charge in [0.05, 0.1) is 17.9 Å². The van der Waals surface area contributed by atoms with Crippen molar-refractivity contribution < 1.29 is 9.53 Å². The van der Waals surface area contributed by atoms with Gasteiger partial charge in [0.1, 0.15) is 0 Å². The number of nitrogens with one attached hydrogen (secondary N) is 2. The molecule has 1 aromatic rings. The Hall–Kier alpha value is -1.56. The predicted octanol–water partition coefficient (Wildman–Crippen LogP) is 1.76. The minimum absolute atomic E-state index is 0.121. The minimum atomic E-state index is -0.198. The number of hydrogen-bond donors (Lipinski definition) is 2. The van der Waals surface area contributed by atoms with Gasteiger partial charge >= 0.3 is 6.03 Å². The molecule has 1 fully saturated rings. The normalized spacial score (nSPS) is 16.8. The van der Waals surface area contributed by atoms with E-state index in [-0.39, 0.29) is 12.1 Å². The molecule has 0 bridgehead atoms. The molecule has 0 saturated carbocycles. The molecule has 6 heteroatoms. The molecule has 1 aliphatic heterocycles.